The van der Waals surface area contributed by atoms with E-state index in [1.165, 1.54) is 0 Å². The molecule has 0 fully saturated rings. The highest BCUT2D eigenvalue weighted by Crippen LogP contribution is 2.23. The van der Waals surface area contributed by atoms with Crippen LogP contribution in [0, 0.1) is 6.92 Å². The summed E-state index contributed by atoms with van der Waals surface area (Å²) in [6, 6.07) is 0. The first-order valence-electron chi connectivity index (χ1n) is 5.41. The molecule has 4 nitrogen and oxygen atoms in total. The van der Waals surface area contributed by atoms with Crippen molar-refractivity contribution in [3.8, 4) is 0 Å². The van der Waals surface area contributed by atoms with Crippen LogP contribution in [0.2, 0.25) is 5.02 Å². The molecule has 0 saturated heterocycles. The van der Waals surface area contributed by atoms with Gasteiger partial charge in [0.1, 0.15) is 0 Å². The Hall–Kier alpha value is -0.580. The minimum atomic E-state index is -0.419. The number of nitrogens with two attached hydrogens (primary N) is 1. The van der Waals surface area contributed by atoms with Crippen LogP contribution in [0.5, 0.6) is 0 Å². The van der Waals surface area contributed by atoms with Crippen molar-refractivity contribution in [2.75, 3.05) is 13.7 Å². The Bertz CT molecular complexity index is 360. The van der Waals surface area contributed by atoms with Crippen LogP contribution in [-0.2, 0) is 17.7 Å². The average Bonchev–Trinajstić information content (AvgIpc) is 2.45. The molecule has 0 spiro atoms. The van der Waals surface area contributed by atoms with Gasteiger partial charge in [-0.3, -0.25) is 4.68 Å². The minimum Gasteiger partial charge on any atom is -0.383 e. The molecule has 1 atom stereocenters. The third-order valence-electron chi connectivity index (χ3n) is 2.50. The smallest absolute Gasteiger partial charge is 0.0847 e. The number of methoxy groups -OCH3 is 1. The van der Waals surface area contributed by atoms with Crippen molar-refractivity contribution in [1.82, 2.24) is 9.78 Å². The lowest BCUT2D eigenvalue weighted by molar-refractivity contribution is 0.139. The van der Waals surface area contributed by atoms with Gasteiger partial charge in [0.25, 0.3) is 0 Å². The van der Waals surface area contributed by atoms with Gasteiger partial charge in [-0.15, -0.1) is 0 Å². The largest absolute Gasteiger partial charge is 0.383 e. The Balaban J connectivity index is 2.95. The third-order valence-corrected chi connectivity index (χ3v) is 2.99. The van der Waals surface area contributed by atoms with E-state index in [2.05, 4.69) is 5.10 Å². The summed E-state index contributed by atoms with van der Waals surface area (Å²) in [5.74, 6) is 0. The van der Waals surface area contributed by atoms with Gasteiger partial charge in [-0.05, 0) is 20.8 Å². The van der Waals surface area contributed by atoms with Gasteiger partial charge in [-0.25, -0.2) is 0 Å². The normalized spacial score (nSPS) is 15.1. The first-order chi connectivity index (χ1) is 7.41. The Kier molecular flexibility index (Phi) is 4.35. The average molecular weight is 246 g/mol. The fraction of sp³-hybridized carbons (Fsp3) is 0.727. The topological polar surface area (TPSA) is 53.1 Å². The number of aromatic nitrogens is 2. The van der Waals surface area contributed by atoms with Crippen LogP contribution in [0.4, 0.5) is 0 Å². The van der Waals surface area contributed by atoms with Gasteiger partial charge in [0, 0.05) is 25.6 Å². The highest BCUT2D eigenvalue weighted by atomic mass is 35.5. The molecular weight excluding hydrogens is 226 g/mol. The fourth-order valence-electron chi connectivity index (χ4n) is 1.80. The van der Waals surface area contributed by atoms with E-state index < -0.39 is 5.54 Å². The van der Waals surface area contributed by atoms with Gasteiger partial charge in [-0.2, -0.15) is 5.10 Å². The summed E-state index contributed by atoms with van der Waals surface area (Å²) in [6.07, 6.45) is 0.661. The molecule has 0 aromatic carbocycles. The van der Waals surface area contributed by atoms with Crippen molar-refractivity contribution < 1.29 is 4.74 Å². The maximum atomic E-state index is 6.22. The molecule has 1 rings (SSSR count). The van der Waals surface area contributed by atoms with Crippen LogP contribution in [-0.4, -0.2) is 29.0 Å². The van der Waals surface area contributed by atoms with E-state index in [1.807, 2.05) is 25.5 Å². The molecule has 2 N–H and O–H groups in total. The second-order valence-corrected chi connectivity index (χ2v) is 4.80. The highest BCUT2D eigenvalue weighted by molar-refractivity contribution is 6.31. The Morgan fingerprint density at radius 2 is 2.19 bits per heavy atom. The summed E-state index contributed by atoms with van der Waals surface area (Å²) >= 11 is 6.22. The van der Waals surface area contributed by atoms with E-state index >= 15 is 0 Å². The molecule has 0 amide bonds. The zero-order valence-electron chi connectivity index (χ0n) is 10.4. The maximum Gasteiger partial charge on any atom is 0.0847 e. The molecule has 0 radical (unpaired) electrons. The van der Waals surface area contributed by atoms with Crippen molar-refractivity contribution in [2.24, 2.45) is 5.73 Å². The summed E-state index contributed by atoms with van der Waals surface area (Å²) in [4.78, 5) is 0. The van der Waals surface area contributed by atoms with Crippen molar-refractivity contribution in [3.63, 3.8) is 0 Å². The summed E-state index contributed by atoms with van der Waals surface area (Å²) in [5, 5.41) is 5.08. The molecule has 0 bridgehead atoms. The second-order valence-electron chi connectivity index (χ2n) is 4.43. The lowest BCUT2D eigenvalue weighted by Crippen LogP contribution is -2.43. The van der Waals surface area contributed by atoms with Gasteiger partial charge >= 0.3 is 0 Å². The van der Waals surface area contributed by atoms with Crippen LogP contribution in [0.1, 0.15) is 25.2 Å². The number of ether oxygens (including phenoxy) is 1. The van der Waals surface area contributed by atoms with E-state index in [4.69, 9.17) is 22.1 Å². The number of nitrogens with zero attached hydrogens (tertiary/aromatic N) is 2. The summed E-state index contributed by atoms with van der Waals surface area (Å²) < 4.78 is 7.00. The molecule has 0 aliphatic rings. The highest BCUT2D eigenvalue weighted by Gasteiger charge is 2.24. The minimum absolute atomic E-state index is 0.419. The Labute approximate surface area is 102 Å². The fourth-order valence-corrected chi connectivity index (χ4v) is 2.00. The predicted molar refractivity (Wildman–Crippen MR) is 65.8 cm³/mol. The summed E-state index contributed by atoms with van der Waals surface area (Å²) in [5.41, 5.74) is 7.56. The molecule has 16 heavy (non-hydrogen) atoms. The number of hydrogen-bond donors (Lipinski definition) is 1. The Morgan fingerprint density at radius 3 is 2.69 bits per heavy atom. The number of halogens is 1. The first-order valence-corrected chi connectivity index (χ1v) is 5.78. The SMILES string of the molecule is CCn1nc(C)c(Cl)c1CC(C)(N)COC. The molecule has 1 heterocycles. The van der Waals surface area contributed by atoms with Crippen LogP contribution in [0.3, 0.4) is 0 Å². The van der Waals surface area contributed by atoms with Crippen LogP contribution in [0.25, 0.3) is 0 Å². The number of aryl methyl sites for hydroxylation is 2. The monoisotopic (exact) mass is 245 g/mol. The number of hydrogen-bond acceptors (Lipinski definition) is 3. The second kappa shape index (κ2) is 5.17. The predicted octanol–water partition coefficient (Wildman–Crippen LogP) is 1.77. The van der Waals surface area contributed by atoms with Crippen molar-refractivity contribution in [2.45, 2.75) is 39.3 Å². The lowest BCUT2D eigenvalue weighted by atomic mass is 9.98. The van der Waals surface area contributed by atoms with Gasteiger partial charge in [0.2, 0.25) is 0 Å². The molecule has 0 aliphatic heterocycles. The standard InChI is InChI=1S/C11H20ClN3O/c1-5-15-9(10(12)8(2)14-15)6-11(3,13)7-16-4/h5-7,13H2,1-4H3. The zero-order valence-corrected chi connectivity index (χ0v) is 11.1. The zero-order chi connectivity index (χ0) is 12.3. The van der Waals surface area contributed by atoms with Gasteiger partial charge in [-0.1, -0.05) is 11.6 Å². The van der Waals surface area contributed by atoms with Gasteiger partial charge < -0.3 is 10.5 Å². The molecule has 0 saturated carbocycles. The molecular formula is C11H20ClN3O. The summed E-state index contributed by atoms with van der Waals surface area (Å²) in [7, 11) is 1.65. The van der Waals surface area contributed by atoms with Gasteiger partial charge in [0.05, 0.1) is 23.0 Å². The summed E-state index contributed by atoms with van der Waals surface area (Å²) in [6.45, 7) is 7.19. The molecule has 1 unspecified atom stereocenters. The van der Waals surface area contributed by atoms with E-state index in [0.717, 1.165) is 23.0 Å². The molecule has 92 valence electrons. The van der Waals surface area contributed by atoms with Crippen molar-refractivity contribution >= 4 is 11.6 Å². The molecule has 0 aliphatic carbocycles. The van der Waals surface area contributed by atoms with E-state index in [9.17, 15) is 0 Å². The molecule has 1 aromatic heterocycles. The van der Waals surface area contributed by atoms with Gasteiger partial charge in [0.15, 0.2) is 0 Å². The third kappa shape index (κ3) is 2.97. The number of rotatable bonds is 5. The van der Waals surface area contributed by atoms with Crippen LogP contribution < -0.4 is 5.73 Å². The first kappa shape index (κ1) is 13.5. The van der Waals surface area contributed by atoms with Crippen molar-refractivity contribution in [3.05, 3.63) is 16.4 Å². The Morgan fingerprint density at radius 1 is 1.56 bits per heavy atom. The van der Waals surface area contributed by atoms with E-state index in [1.54, 1.807) is 7.11 Å². The lowest BCUT2D eigenvalue weighted by Gasteiger charge is -2.24. The van der Waals surface area contributed by atoms with E-state index in [0.29, 0.717) is 13.0 Å². The molecule has 1 aromatic rings. The molecule has 5 heteroatoms. The quantitative estimate of drug-likeness (QED) is 0.860. The van der Waals surface area contributed by atoms with E-state index in [-0.39, 0.29) is 0 Å². The maximum absolute atomic E-state index is 6.22. The van der Waals surface area contributed by atoms with Crippen LogP contribution >= 0.6 is 11.6 Å². The van der Waals surface area contributed by atoms with Crippen LogP contribution in [0.15, 0.2) is 0 Å². The van der Waals surface area contributed by atoms with Crippen molar-refractivity contribution in [1.29, 1.82) is 0 Å².